The van der Waals surface area contributed by atoms with Crippen molar-refractivity contribution in [2.24, 2.45) is 0 Å². The maximum atomic E-state index is 5.87. The van der Waals surface area contributed by atoms with Crippen molar-refractivity contribution >= 4 is 0 Å². The van der Waals surface area contributed by atoms with Crippen LogP contribution in [0, 0.1) is 0 Å². The van der Waals surface area contributed by atoms with E-state index < -0.39 is 0 Å². The van der Waals surface area contributed by atoms with Crippen LogP contribution in [0.15, 0.2) is 41.0 Å². The number of nitrogens with one attached hydrogen (secondary N) is 1. The Morgan fingerprint density at radius 2 is 2.00 bits per heavy atom. The largest absolute Gasteiger partial charge is 0.493 e. The number of benzene rings is 1. The highest BCUT2D eigenvalue weighted by Gasteiger charge is 2.11. The lowest BCUT2D eigenvalue weighted by atomic mass is 10.1. The van der Waals surface area contributed by atoms with Gasteiger partial charge < -0.3 is 19.2 Å². The molecule has 0 amide bonds. The van der Waals surface area contributed by atoms with Gasteiger partial charge in [0.1, 0.15) is 5.76 Å². The predicted octanol–water partition coefficient (Wildman–Crippen LogP) is 3.37. The zero-order valence-electron chi connectivity index (χ0n) is 12.2. The summed E-state index contributed by atoms with van der Waals surface area (Å²) in [6.45, 7) is 5.39. The third-order valence-electron chi connectivity index (χ3n) is 2.83. The lowest BCUT2D eigenvalue weighted by Gasteiger charge is -2.17. The fourth-order valence-electron chi connectivity index (χ4n) is 1.96. The van der Waals surface area contributed by atoms with Crippen molar-refractivity contribution in [2.45, 2.75) is 33.0 Å². The van der Waals surface area contributed by atoms with Gasteiger partial charge in [-0.05, 0) is 32.0 Å². The van der Waals surface area contributed by atoms with Gasteiger partial charge in [-0.2, -0.15) is 0 Å². The molecule has 1 heterocycles. The highest BCUT2D eigenvalue weighted by atomic mass is 16.5. The Labute approximate surface area is 119 Å². The maximum absolute atomic E-state index is 5.87. The van der Waals surface area contributed by atoms with Gasteiger partial charge in [0.2, 0.25) is 0 Å². The first-order chi connectivity index (χ1) is 9.70. The van der Waals surface area contributed by atoms with Crippen LogP contribution in [0.2, 0.25) is 0 Å². The van der Waals surface area contributed by atoms with Crippen molar-refractivity contribution in [1.29, 1.82) is 0 Å². The van der Waals surface area contributed by atoms with Gasteiger partial charge in [-0.1, -0.05) is 12.1 Å². The third-order valence-corrected chi connectivity index (χ3v) is 2.83. The van der Waals surface area contributed by atoms with Crippen LogP contribution in [0.1, 0.15) is 25.2 Å². The molecule has 0 fully saturated rings. The molecule has 0 saturated carbocycles. The van der Waals surface area contributed by atoms with Crippen molar-refractivity contribution in [1.82, 2.24) is 5.32 Å². The second kappa shape index (κ2) is 7.01. The van der Waals surface area contributed by atoms with Crippen molar-refractivity contribution in [3.05, 3.63) is 47.9 Å². The molecule has 4 heteroatoms. The Kier molecular flexibility index (Phi) is 5.07. The fraction of sp³-hybridized carbons (Fsp3) is 0.375. The third kappa shape index (κ3) is 3.78. The van der Waals surface area contributed by atoms with Crippen LogP contribution >= 0.6 is 0 Å². The minimum atomic E-state index is 0.107. The molecule has 0 aliphatic rings. The summed E-state index contributed by atoms with van der Waals surface area (Å²) in [5.41, 5.74) is 1.07. The van der Waals surface area contributed by atoms with E-state index >= 15 is 0 Å². The van der Waals surface area contributed by atoms with Gasteiger partial charge >= 0.3 is 0 Å². The van der Waals surface area contributed by atoms with E-state index in [0.717, 1.165) is 22.8 Å². The Bertz CT molecular complexity index is 521. The summed E-state index contributed by atoms with van der Waals surface area (Å²) >= 11 is 0. The van der Waals surface area contributed by atoms with Crippen molar-refractivity contribution < 1.29 is 13.9 Å². The molecule has 0 bridgehead atoms. The van der Waals surface area contributed by atoms with Crippen LogP contribution in [-0.2, 0) is 13.1 Å². The first-order valence-electron chi connectivity index (χ1n) is 6.76. The number of rotatable bonds is 7. The molecular weight excluding hydrogens is 254 g/mol. The van der Waals surface area contributed by atoms with E-state index in [1.165, 1.54) is 0 Å². The molecule has 4 nitrogen and oxygen atoms in total. The van der Waals surface area contributed by atoms with Crippen molar-refractivity contribution in [3.8, 4) is 11.5 Å². The van der Waals surface area contributed by atoms with Crippen LogP contribution in [0.5, 0.6) is 11.5 Å². The zero-order valence-corrected chi connectivity index (χ0v) is 12.2. The number of hydrogen-bond acceptors (Lipinski definition) is 4. The van der Waals surface area contributed by atoms with E-state index in [0.29, 0.717) is 13.1 Å². The lowest BCUT2D eigenvalue weighted by molar-refractivity contribution is 0.227. The van der Waals surface area contributed by atoms with Gasteiger partial charge in [0.25, 0.3) is 0 Å². The number of para-hydroxylation sites is 1. The van der Waals surface area contributed by atoms with Gasteiger partial charge in [-0.25, -0.2) is 0 Å². The van der Waals surface area contributed by atoms with Gasteiger partial charge in [-0.15, -0.1) is 0 Å². The number of hydrogen-bond donors (Lipinski definition) is 1. The van der Waals surface area contributed by atoms with Gasteiger partial charge in [0, 0.05) is 12.1 Å². The van der Waals surface area contributed by atoms with Gasteiger partial charge in [0.15, 0.2) is 11.5 Å². The SMILES string of the molecule is COc1cccc(CNCc2ccco2)c1OC(C)C. The second-order valence-corrected chi connectivity index (χ2v) is 4.80. The summed E-state index contributed by atoms with van der Waals surface area (Å²) in [5.74, 6) is 2.48. The highest BCUT2D eigenvalue weighted by Crippen LogP contribution is 2.31. The van der Waals surface area contributed by atoms with Crippen LogP contribution in [-0.4, -0.2) is 13.2 Å². The smallest absolute Gasteiger partial charge is 0.166 e. The molecule has 1 aromatic heterocycles. The van der Waals surface area contributed by atoms with E-state index in [9.17, 15) is 0 Å². The second-order valence-electron chi connectivity index (χ2n) is 4.80. The van der Waals surface area contributed by atoms with E-state index in [4.69, 9.17) is 13.9 Å². The molecule has 0 aliphatic carbocycles. The van der Waals surface area contributed by atoms with Crippen molar-refractivity contribution in [2.75, 3.05) is 7.11 Å². The maximum Gasteiger partial charge on any atom is 0.166 e. The normalized spacial score (nSPS) is 10.8. The first kappa shape index (κ1) is 14.5. The molecule has 0 atom stereocenters. The first-order valence-corrected chi connectivity index (χ1v) is 6.76. The predicted molar refractivity (Wildman–Crippen MR) is 78.0 cm³/mol. The summed E-state index contributed by atoms with van der Waals surface area (Å²) < 4.78 is 16.5. The molecular formula is C16H21NO3. The standard InChI is InChI=1S/C16H21NO3/c1-12(2)20-16-13(6-4-8-15(16)18-3)10-17-11-14-7-5-9-19-14/h4-9,12,17H,10-11H2,1-3H3. The number of methoxy groups -OCH3 is 1. The Morgan fingerprint density at radius 1 is 1.15 bits per heavy atom. The Morgan fingerprint density at radius 3 is 2.65 bits per heavy atom. The molecule has 0 saturated heterocycles. The Balaban J connectivity index is 2.05. The molecule has 0 unspecified atom stereocenters. The minimum Gasteiger partial charge on any atom is -0.493 e. The van der Waals surface area contributed by atoms with Gasteiger partial charge in [-0.3, -0.25) is 0 Å². The zero-order chi connectivity index (χ0) is 14.4. The molecule has 20 heavy (non-hydrogen) atoms. The quantitative estimate of drug-likeness (QED) is 0.841. The molecule has 0 aliphatic heterocycles. The van der Waals surface area contributed by atoms with Crippen molar-refractivity contribution in [3.63, 3.8) is 0 Å². The fourth-order valence-corrected chi connectivity index (χ4v) is 1.96. The number of furan rings is 1. The van der Waals surface area contributed by atoms with E-state index in [-0.39, 0.29) is 6.10 Å². The number of ether oxygens (including phenoxy) is 2. The highest BCUT2D eigenvalue weighted by molar-refractivity contribution is 5.46. The average molecular weight is 275 g/mol. The lowest BCUT2D eigenvalue weighted by Crippen LogP contribution is -2.15. The summed E-state index contributed by atoms with van der Waals surface area (Å²) in [6.07, 6.45) is 1.78. The summed E-state index contributed by atoms with van der Waals surface area (Å²) in [6, 6.07) is 9.75. The van der Waals surface area contributed by atoms with Gasteiger partial charge in [0.05, 0.1) is 26.0 Å². The molecule has 2 rings (SSSR count). The molecule has 0 radical (unpaired) electrons. The molecule has 1 aromatic carbocycles. The van der Waals surface area contributed by atoms with E-state index in [1.807, 2.05) is 44.2 Å². The topological polar surface area (TPSA) is 43.6 Å². The van der Waals surface area contributed by atoms with Crippen LogP contribution < -0.4 is 14.8 Å². The van der Waals surface area contributed by atoms with Crippen LogP contribution in [0.3, 0.4) is 0 Å². The Hall–Kier alpha value is -1.94. The molecule has 0 spiro atoms. The molecule has 1 N–H and O–H groups in total. The monoisotopic (exact) mass is 275 g/mol. The molecule has 108 valence electrons. The van der Waals surface area contributed by atoms with Crippen LogP contribution in [0.4, 0.5) is 0 Å². The van der Waals surface area contributed by atoms with Crippen LogP contribution in [0.25, 0.3) is 0 Å². The molecule has 2 aromatic rings. The minimum absolute atomic E-state index is 0.107. The summed E-state index contributed by atoms with van der Waals surface area (Å²) in [4.78, 5) is 0. The summed E-state index contributed by atoms with van der Waals surface area (Å²) in [7, 11) is 1.66. The summed E-state index contributed by atoms with van der Waals surface area (Å²) in [5, 5.41) is 3.34. The average Bonchev–Trinajstić information content (AvgIpc) is 2.93. The van der Waals surface area contributed by atoms with E-state index in [1.54, 1.807) is 13.4 Å². The van der Waals surface area contributed by atoms with E-state index in [2.05, 4.69) is 5.32 Å².